The molecule has 3 heterocycles. The molecule has 0 spiro atoms. The quantitative estimate of drug-likeness (QED) is 0.700. The third-order valence-corrected chi connectivity index (χ3v) is 5.91. The molecule has 3 aromatic rings. The van der Waals surface area contributed by atoms with Crippen LogP contribution in [0.3, 0.4) is 0 Å². The number of rotatable bonds is 3. The summed E-state index contributed by atoms with van der Waals surface area (Å²) in [6, 6.07) is 12.6. The average Bonchev–Trinajstić information content (AvgIpc) is 3.25. The van der Waals surface area contributed by atoms with Gasteiger partial charge in [-0.05, 0) is 31.0 Å². The first-order valence-corrected chi connectivity index (χ1v) is 10.2. The first kappa shape index (κ1) is 18.0. The molecule has 2 aliphatic heterocycles. The van der Waals surface area contributed by atoms with Crippen molar-refractivity contribution >= 4 is 22.8 Å². The summed E-state index contributed by atoms with van der Waals surface area (Å²) >= 11 is 0. The fourth-order valence-corrected chi connectivity index (χ4v) is 4.47. The van der Waals surface area contributed by atoms with Gasteiger partial charge in [0, 0.05) is 22.9 Å². The summed E-state index contributed by atoms with van der Waals surface area (Å²) in [7, 11) is 0. The van der Waals surface area contributed by atoms with Crippen molar-refractivity contribution < 1.29 is 24.0 Å². The Morgan fingerprint density at radius 1 is 1.24 bits per heavy atom. The van der Waals surface area contributed by atoms with Gasteiger partial charge in [-0.25, -0.2) is 0 Å². The number of furan rings is 1. The summed E-state index contributed by atoms with van der Waals surface area (Å²) in [5.74, 6) is 1.57. The second kappa shape index (κ2) is 7.08. The number of carbonyl (C=O) groups is 1. The highest BCUT2D eigenvalue weighted by Crippen LogP contribution is 2.38. The average molecular weight is 389 g/mol. The Bertz CT molecular complexity index is 1090. The number of Topliss-reactive ketones (excluding diaryl/α,β-unsaturated/α-hetero) is 1. The van der Waals surface area contributed by atoms with Crippen molar-refractivity contribution in [1.82, 2.24) is 0 Å². The topological polar surface area (TPSA) is 66.9 Å². The molecule has 5 rings (SSSR count). The first-order valence-electron chi connectivity index (χ1n) is 10.2. The maximum Gasteiger partial charge on any atom is 0.232 e. The van der Waals surface area contributed by atoms with Gasteiger partial charge in [0.25, 0.3) is 0 Å². The van der Waals surface area contributed by atoms with Crippen LogP contribution in [0.5, 0.6) is 11.5 Å². The largest absolute Gasteiger partial charge is 0.872 e. The van der Waals surface area contributed by atoms with Gasteiger partial charge in [0.2, 0.25) is 5.78 Å². The fraction of sp³-hybridized carbons (Fsp3) is 0.292. The standard InChI is InChI=1S/C24H23NO4/c1-15-5-4-10-25(13-15)14-19-20(26)9-8-18-23(27)22(29-24(18)19)12-17-11-16-6-2-3-7-21(16)28-17/h2-3,6-9,11-12,15,26H,4-5,10,13-14H2,1H3/b22-12-. The van der Waals surface area contributed by atoms with Crippen LogP contribution in [0, 0.1) is 5.92 Å². The van der Waals surface area contributed by atoms with Crippen LogP contribution in [0.15, 0.2) is 52.6 Å². The molecule has 1 aromatic heterocycles. The molecule has 1 saturated heterocycles. The van der Waals surface area contributed by atoms with Gasteiger partial charge < -0.3 is 19.2 Å². The van der Waals surface area contributed by atoms with Crippen LogP contribution in [0.1, 0.15) is 41.4 Å². The number of ether oxygens (including phenoxy) is 1. The number of fused-ring (bicyclic) bond motifs is 2. The molecule has 0 aliphatic carbocycles. The molecule has 2 unspecified atom stereocenters. The SMILES string of the molecule is CC1CCC[NH+](Cc2c([O-])ccc3c2O/C(=C\c2cc4ccccc4o2)C3=O)C1. The number of benzene rings is 2. The van der Waals surface area contributed by atoms with Gasteiger partial charge in [-0.15, -0.1) is 0 Å². The van der Waals surface area contributed by atoms with Crippen molar-refractivity contribution in [3.63, 3.8) is 0 Å². The third kappa shape index (κ3) is 3.32. The minimum Gasteiger partial charge on any atom is -0.872 e. The summed E-state index contributed by atoms with van der Waals surface area (Å²) in [6.45, 7) is 4.93. The predicted molar refractivity (Wildman–Crippen MR) is 108 cm³/mol. The Labute approximate surface area is 169 Å². The zero-order valence-corrected chi connectivity index (χ0v) is 16.4. The molecule has 148 valence electrons. The molecule has 1 N–H and O–H groups in total. The van der Waals surface area contributed by atoms with Crippen molar-refractivity contribution in [2.75, 3.05) is 13.1 Å². The molecule has 0 bridgehead atoms. The van der Waals surface area contributed by atoms with Crippen LogP contribution in [0.4, 0.5) is 0 Å². The molecular formula is C24H23NO4. The molecule has 2 aromatic carbocycles. The molecule has 0 saturated carbocycles. The lowest BCUT2D eigenvalue weighted by atomic mass is 9.99. The van der Waals surface area contributed by atoms with Crippen LogP contribution in [-0.4, -0.2) is 18.9 Å². The maximum absolute atomic E-state index is 12.9. The zero-order valence-electron chi connectivity index (χ0n) is 16.4. The molecule has 29 heavy (non-hydrogen) atoms. The van der Waals surface area contributed by atoms with Crippen molar-refractivity contribution in [2.45, 2.75) is 26.3 Å². The Morgan fingerprint density at radius 3 is 2.93 bits per heavy atom. The Morgan fingerprint density at radius 2 is 2.10 bits per heavy atom. The summed E-state index contributed by atoms with van der Waals surface area (Å²) in [4.78, 5) is 14.3. The lowest BCUT2D eigenvalue weighted by Gasteiger charge is -2.29. The predicted octanol–water partition coefficient (Wildman–Crippen LogP) is 2.94. The number of piperidine rings is 1. The van der Waals surface area contributed by atoms with E-state index in [1.807, 2.05) is 30.3 Å². The van der Waals surface area contributed by atoms with Gasteiger partial charge in [-0.3, -0.25) is 4.79 Å². The summed E-state index contributed by atoms with van der Waals surface area (Å²) in [5.41, 5.74) is 1.83. The van der Waals surface area contributed by atoms with Crippen molar-refractivity contribution in [1.29, 1.82) is 0 Å². The smallest absolute Gasteiger partial charge is 0.232 e. The van der Waals surface area contributed by atoms with E-state index >= 15 is 0 Å². The number of allylic oxidation sites excluding steroid dienone is 1. The van der Waals surface area contributed by atoms with E-state index in [4.69, 9.17) is 9.15 Å². The number of hydrogen-bond donors (Lipinski definition) is 1. The monoisotopic (exact) mass is 389 g/mol. The number of carbonyl (C=O) groups excluding carboxylic acids is 1. The summed E-state index contributed by atoms with van der Waals surface area (Å²) in [5, 5.41) is 13.5. The third-order valence-electron chi connectivity index (χ3n) is 5.91. The van der Waals surface area contributed by atoms with Gasteiger partial charge in [0.15, 0.2) is 5.76 Å². The highest BCUT2D eigenvalue weighted by Gasteiger charge is 2.32. The second-order valence-corrected chi connectivity index (χ2v) is 8.17. The van der Waals surface area contributed by atoms with Gasteiger partial charge in [0.05, 0.1) is 18.7 Å². The second-order valence-electron chi connectivity index (χ2n) is 8.17. The summed E-state index contributed by atoms with van der Waals surface area (Å²) in [6.07, 6.45) is 4.02. The van der Waals surface area contributed by atoms with Crippen molar-refractivity contribution in [3.8, 4) is 11.5 Å². The fourth-order valence-electron chi connectivity index (χ4n) is 4.47. The molecule has 5 nitrogen and oxygen atoms in total. The van der Waals surface area contributed by atoms with E-state index in [9.17, 15) is 9.90 Å². The molecule has 1 fully saturated rings. The van der Waals surface area contributed by atoms with Crippen LogP contribution in [0.25, 0.3) is 17.0 Å². The Kier molecular flexibility index (Phi) is 4.40. The van der Waals surface area contributed by atoms with Gasteiger partial charge >= 0.3 is 0 Å². The molecular weight excluding hydrogens is 366 g/mol. The lowest BCUT2D eigenvalue weighted by molar-refractivity contribution is -0.922. The highest BCUT2D eigenvalue weighted by atomic mass is 16.5. The molecule has 0 radical (unpaired) electrons. The van der Waals surface area contributed by atoms with E-state index in [0.29, 0.717) is 35.1 Å². The number of para-hydroxylation sites is 1. The van der Waals surface area contributed by atoms with Gasteiger partial charge in [0.1, 0.15) is 23.6 Å². The van der Waals surface area contributed by atoms with E-state index in [1.54, 1.807) is 12.1 Å². The summed E-state index contributed by atoms with van der Waals surface area (Å²) < 4.78 is 11.7. The molecule has 2 aliphatic rings. The number of nitrogens with one attached hydrogen (secondary N) is 1. The van der Waals surface area contributed by atoms with Crippen molar-refractivity contribution in [3.05, 3.63) is 65.1 Å². The van der Waals surface area contributed by atoms with E-state index in [1.165, 1.54) is 17.4 Å². The van der Waals surface area contributed by atoms with Crippen LogP contribution >= 0.6 is 0 Å². The Balaban J connectivity index is 1.46. The minimum absolute atomic E-state index is 0.0627. The first-order chi connectivity index (χ1) is 14.1. The van der Waals surface area contributed by atoms with E-state index in [0.717, 1.165) is 30.5 Å². The maximum atomic E-state index is 12.9. The van der Waals surface area contributed by atoms with Gasteiger partial charge in [-0.1, -0.05) is 36.9 Å². The molecule has 5 heteroatoms. The normalized spacial score (nSPS) is 22.8. The Hall–Kier alpha value is -3.05. The van der Waals surface area contributed by atoms with Gasteiger partial charge in [-0.2, -0.15) is 0 Å². The van der Waals surface area contributed by atoms with Crippen LogP contribution in [-0.2, 0) is 6.54 Å². The number of likely N-dealkylation sites (tertiary alicyclic amines) is 1. The van der Waals surface area contributed by atoms with E-state index < -0.39 is 0 Å². The molecule has 0 amide bonds. The number of quaternary nitrogens is 1. The zero-order chi connectivity index (χ0) is 20.0. The molecule has 2 atom stereocenters. The highest BCUT2D eigenvalue weighted by molar-refractivity contribution is 6.14. The van der Waals surface area contributed by atoms with Crippen molar-refractivity contribution in [2.24, 2.45) is 5.92 Å². The minimum atomic E-state index is -0.205. The van der Waals surface area contributed by atoms with E-state index in [-0.39, 0.29) is 17.3 Å². The number of hydrogen-bond acceptors (Lipinski definition) is 4. The van der Waals surface area contributed by atoms with E-state index in [2.05, 4.69) is 6.92 Å². The van der Waals surface area contributed by atoms with Crippen LogP contribution in [0.2, 0.25) is 0 Å². The van der Waals surface area contributed by atoms with Crippen LogP contribution < -0.4 is 14.7 Å². The number of ketones is 1. The lowest BCUT2D eigenvalue weighted by Crippen LogP contribution is -3.12.